The van der Waals surface area contributed by atoms with Crippen molar-refractivity contribution in [2.24, 2.45) is 0 Å². The van der Waals surface area contributed by atoms with Crippen molar-refractivity contribution in [3.63, 3.8) is 0 Å². The van der Waals surface area contributed by atoms with Gasteiger partial charge in [0.05, 0.1) is 49.0 Å². The largest absolute Gasteiger partial charge is 2.00 e. The van der Waals surface area contributed by atoms with E-state index in [2.05, 4.69) is 54.9 Å². The maximum Gasteiger partial charge on any atom is 2.00 e. The molecule has 0 bridgehead atoms. The van der Waals surface area contributed by atoms with Gasteiger partial charge in [0.2, 0.25) is 0 Å². The number of nitriles is 2. The van der Waals surface area contributed by atoms with E-state index in [0.29, 0.717) is 0 Å². The predicted molar refractivity (Wildman–Crippen MR) is 181 cm³/mol. The molecule has 0 aliphatic rings. The Labute approximate surface area is 314 Å². The molecule has 0 aliphatic heterocycles. The molecule has 2 aromatic carbocycles. The van der Waals surface area contributed by atoms with Gasteiger partial charge in [-0.1, -0.05) is 83.2 Å². The second kappa shape index (κ2) is 26.1. The van der Waals surface area contributed by atoms with Crippen molar-refractivity contribution in [3.8, 4) is 34.9 Å². The second-order valence-electron chi connectivity index (χ2n) is 9.44. The minimum absolute atomic E-state index is 0. The Balaban J connectivity index is 0.000000723. The predicted octanol–water partition coefficient (Wildman–Crippen LogP) is 8.43. The number of halogens is 8. The van der Waals surface area contributed by atoms with Crippen LogP contribution >= 0.6 is 0 Å². The summed E-state index contributed by atoms with van der Waals surface area (Å²) in [6.45, 7) is 4.31. The zero-order chi connectivity index (χ0) is 38.8. The standard InChI is InChI=1S/2C14H12N4.2C2H3N.2BF4.Pd/c2*1-2-6-12(7-3-1)10-18-11-14(16-17-18)13-8-4-5-9-15-13;2*1-2-3;2*2-1(3,4)5;/h2*1-9,11H,10H2;2*1H3;;;/q;;;;2*-1;+2. The maximum absolute atomic E-state index is 9.75. The van der Waals surface area contributed by atoms with E-state index in [1.807, 2.05) is 94.6 Å². The molecule has 4 heterocycles. The van der Waals surface area contributed by atoms with E-state index in [9.17, 15) is 34.5 Å². The summed E-state index contributed by atoms with van der Waals surface area (Å²) in [5.74, 6) is 0. The first-order valence-corrected chi connectivity index (χ1v) is 14.7. The quantitative estimate of drug-likeness (QED) is 0.121. The van der Waals surface area contributed by atoms with Gasteiger partial charge in [-0.3, -0.25) is 9.97 Å². The molecule has 0 spiro atoms. The fourth-order valence-electron chi connectivity index (χ4n) is 3.56. The number of hydrogen-bond donors (Lipinski definition) is 0. The molecule has 6 aromatic rings. The van der Waals surface area contributed by atoms with Crippen molar-refractivity contribution in [1.29, 1.82) is 10.5 Å². The van der Waals surface area contributed by atoms with Crippen LogP contribution in [0.25, 0.3) is 22.8 Å². The normalized spacial score (nSPS) is 9.66. The number of benzene rings is 2. The van der Waals surface area contributed by atoms with Crippen LogP contribution in [0.4, 0.5) is 34.5 Å². The smallest absolute Gasteiger partial charge is 0.418 e. The first kappa shape index (κ1) is 47.2. The van der Waals surface area contributed by atoms with Crippen LogP contribution in [-0.4, -0.2) is 54.5 Å². The van der Waals surface area contributed by atoms with E-state index >= 15 is 0 Å². The van der Waals surface area contributed by atoms with E-state index in [0.717, 1.165) is 35.9 Å². The summed E-state index contributed by atoms with van der Waals surface area (Å²) < 4.78 is 81.6. The average Bonchev–Trinajstić information content (AvgIpc) is 3.76. The summed E-state index contributed by atoms with van der Waals surface area (Å²) in [4.78, 5) is 8.51. The van der Waals surface area contributed by atoms with Crippen LogP contribution in [0.15, 0.2) is 122 Å². The molecule has 0 fully saturated rings. The fourth-order valence-corrected chi connectivity index (χ4v) is 3.56. The second-order valence-corrected chi connectivity index (χ2v) is 9.44. The molecule has 0 amide bonds. The van der Waals surface area contributed by atoms with Gasteiger partial charge in [0, 0.05) is 26.2 Å². The molecule has 0 radical (unpaired) electrons. The molecule has 0 saturated heterocycles. The monoisotopic (exact) mass is 834 g/mol. The van der Waals surface area contributed by atoms with Crippen LogP contribution in [-0.2, 0) is 33.5 Å². The Bertz CT molecular complexity index is 1740. The third-order valence-electron chi connectivity index (χ3n) is 5.31. The van der Waals surface area contributed by atoms with Crippen molar-refractivity contribution in [2.45, 2.75) is 26.9 Å². The summed E-state index contributed by atoms with van der Waals surface area (Å²) in [5, 5.41) is 31.1. The maximum atomic E-state index is 9.75. The average molecular weight is 835 g/mol. The molecule has 21 heteroatoms. The molecule has 6 rings (SSSR count). The van der Waals surface area contributed by atoms with Crippen molar-refractivity contribution in [1.82, 2.24) is 40.0 Å². The Morgan fingerprint density at radius 1 is 0.509 bits per heavy atom. The first-order valence-electron chi connectivity index (χ1n) is 14.7. The van der Waals surface area contributed by atoms with Gasteiger partial charge in [-0.2, -0.15) is 10.5 Å². The van der Waals surface area contributed by atoms with Crippen molar-refractivity contribution >= 4 is 14.5 Å². The van der Waals surface area contributed by atoms with E-state index < -0.39 is 14.5 Å². The van der Waals surface area contributed by atoms with Crippen molar-refractivity contribution < 1.29 is 54.9 Å². The van der Waals surface area contributed by atoms with E-state index in [-0.39, 0.29) is 20.4 Å². The van der Waals surface area contributed by atoms with Crippen LogP contribution in [0.3, 0.4) is 0 Å². The number of hydrogen-bond acceptors (Lipinski definition) is 8. The number of aromatic nitrogens is 8. The molecule has 280 valence electrons. The van der Waals surface area contributed by atoms with Gasteiger partial charge in [-0.05, 0) is 35.4 Å². The third kappa shape index (κ3) is 24.9. The fraction of sp³-hybridized carbons (Fsp3) is 0.125. The van der Waals surface area contributed by atoms with Crippen molar-refractivity contribution in [3.05, 3.63) is 133 Å². The molecule has 0 aliphatic carbocycles. The Morgan fingerprint density at radius 3 is 1.06 bits per heavy atom. The van der Waals surface area contributed by atoms with Gasteiger partial charge in [0.25, 0.3) is 0 Å². The first-order chi connectivity index (χ1) is 24.7. The summed E-state index contributed by atoms with van der Waals surface area (Å²) in [6, 6.07) is 35.4. The topological polar surface area (TPSA) is 135 Å². The number of pyridine rings is 2. The van der Waals surface area contributed by atoms with Crippen LogP contribution in [0, 0.1) is 22.7 Å². The third-order valence-corrected chi connectivity index (χ3v) is 5.31. The van der Waals surface area contributed by atoms with Crippen molar-refractivity contribution in [2.75, 3.05) is 0 Å². The number of rotatable bonds is 6. The van der Waals surface area contributed by atoms with Gasteiger partial charge >= 0.3 is 34.9 Å². The van der Waals surface area contributed by atoms with Crippen LogP contribution in [0.2, 0.25) is 0 Å². The van der Waals surface area contributed by atoms with Gasteiger partial charge in [0.1, 0.15) is 11.4 Å². The SMILES string of the molecule is CC#N.CC#N.F[B-](F)(F)F.F[B-](F)(F)F.[Pd+2].c1ccc(Cn2cc(-c3ccccn3)nn2)cc1.c1ccc(Cn2cc(-c3ccccn3)nn2)cc1. The molecule has 0 saturated carbocycles. The van der Waals surface area contributed by atoms with Crippen LogP contribution in [0.1, 0.15) is 25.0 Å². The van der Waals surface area contributed by atoms with E-state index in [1.54, 1.807) is 24.5 Å². The molecular weight excluding hydrogens is 804 g/mol. The van der Waals surface area contributed by atoms with Crippen LogP contribution < -0.4 is 0 Å². The van der Waals surface area contributed by atoms with Gasteiger partial charge < -0.3 is 34.5 Å². The Hall–Kier alpha value is -5.77. The molecule has 0 N–H and O–H groups in total. The van der Waals surface area contributed by atoms with Gasteiger partial charge in [-0.15, -0.1) is 10.2 Å². The summed E-state index contributed by atoms with van der Waals surface area (Å²) >= 11 is 0. The minimum atomic E-state index is -6.00. The zero-order valence-electron chi connectivity index (χ0n) is 27.9. The molecule has 10 nitrogen and oxygen atoms in total. The van der Waals surface area contributed by atoms with E-state index in [4.69, 9.17) is 10.5 Å². The number of nitrogens with zero attached hydrogens (tertiary/aromatic N) is 10. The Kier molecular flexibility index (Phi) is 23.2. The molecule has 0 atom stereocenters. The molecular formula is C32H30B2F8N10Pd. The summed E-state index contributed by atoms with van der Waals surface area (Å²) in [5.41, 5.74) is 5.69. The summed E-state index contributed by atoms with van der Waals surface area (Å²) in [7, 11) is -12.0. The van der Waals surface area contributed by atoms with Gasteiger partial charge in [0.15, 0.2) is 0 Å². The Morgan fingerprint density at radius 2 is 0.792 bits per heavy atom. The summed E-state index contributed by atoms with van der Waals surface area (Å²) in [6.07, 6.45) is 7.34. The van der Waals surface area contributed by atoms with Gasteiger partial charge in [-0.25, -0.2) is 9.36 Å². The minimum Gasteiger partial charge on any atom is -0.418 e. The van der Waals surface area contributed by atoms with Crippen LogP contribution in [0.5, 0.6) is 0 Å². The molecule has 4 aromatic heterocycles. The molecule has 0 unspecified atom stereocenters. The zero-order valence-corrected chi connectivity index (χ0v) is 29.5. The van der Waals surface area contributed by atoms with E-state index in [1.165, 1.54) is 25.0 Å². The molecule has 53 heavy (non-hydrogen) atoms.